The van der Waals surface area contributed by atoms with Crippen LogP contribution in [0.5, 0.6) is 5.75 Å². The van der Waals surface area contributed by atoms with Gasteiger partial charge in [0.1, 0.15) is 5.75 Å². The van der Waals surface area contributed by atoms with E-state index in [1.54, 1.807) is 6.92 Å². The van der Waals surface area contributed by atoms with E-state index in [9.17, 15) is 4.79 Å². The number of ether oxygens (including phenoxy) is 1. The Morgan fingerprint density at radius 2 is 1.88 bits per heavy atom. The van der Waals surface area contributed by atoms with Gasteiger partial charge in [-0.15, -0.1) is 0 Å². The van der Waals surface area contributed by atoms with Gasteiger partial charge in [0.15, 0.2) is 6.10 Å². The van der Waals surface area contributed by atoms with Crippen LogP contribution in [0.3, 0.4) is 0 Å². The zero-order valence-corrected chi connectivity index (χ0v) is 14.5. The number of amides is 1. The molecule has 5 nitrogen and oxygen atoms in total. The fourth-order valence-electron chi connectivity index (χ4n) is 2.89. The van der Waals surface area contributed by atoms with Crippen molar-refractivity contribution in [2.24, 2.45) is 0 Å². The zero-order valence-electron chi connectivity index (χ0n) is 14.5. The number of hydrogen-bond donors (Lipinski definition) is 1. The maximum atomic E-state index is 12.4. The standard InChI is InChI=1S/C19H24N2O3/c1-12(2)14-8-10-15(11-9-14)23-13(3)18(22)20-19-16-6-4-5-7-17(16)21-24-19/h8-13H,4-7H2,1-3H3,(H,20,22). The molecular formula is C19H24N2O3. The number of anilines is 1. The number of carbonyl (C=O) groups is 1. The van der Waals surface area contributed by atoms with Crippen LogP contribution in [-0.4, -0.2) is 17.2 Å². The van der Waals surface area contributed by atoms with Gasteiger partial charge < -0.3 is 9.26 Å². The zero-order chi connectivity index (χ0) is 17.1. The summed E-state index contributed by atoms with van der Waals surface area (Å²) in [5.41, 5.74) is 3.24. The molecular weight excluding hydrogens is 304 g/mol. The van der Waals surface area contributed by atoms with Crippen LogP contribution in [-0.2, 0) is 17.6 Å². The third-order valence-electron chi connectivity index (χ3n) is 4.43. The topological polar surface area (TPSA) is 64.4 Å². The summed E-state index contributed by atoms with van der Waals surface area (Å²) in [6.45, 7) is 6.02. The van der Waals surface area contributed by atoms with Crippen molar-refractivity contribution < 1.29 is 14.1 Å². The molecule has 3 rings (SSSR count). The van der Waals surface area contributed by atoms with Gasteiger partial charge in [0.05, 0.1) is 5.69 Å². The lowest BCUT2D eigenvalue weighted by Crippen LogP contribution is -2.30. The number of aromatic nitrogens is 1. The van der Waals surface area contributed by atoms with E-state index in [-0.39, 0.29) is 5.91 Å². The van der Waals surface area contributed by atoms with Crippen LogP contribution in [0.25, 0.3) is 0 Å². The van der Waals surface area contributed by atoms with Crippen LogP contribution >= 0.6 is 0 Å². The summed E-state index contributed by atoms with van der Waals surface area (Å²) in [5, 5.41) is 6.86. The number of rotatable bonds is 5. The Bertz CT molecular complexity index is 704. The van der Waals surface area contributed by atoms with E-state index < -0.39 is 6.10 Å². The van der Waals surface area contributed by atoms with Gasteiger partial charge >= 0.3 is 0 Å². The average molecular weight is 328 g/mol. The van der Waals surface area contributed by atoms with Crippen molar-refractivity contribution in [2.45, 2.75) is 58.5 Å². The Kier molecular flexibility index (Phi) is 4.88. The van der Waals surface area contributed by atoms with Crippen molar-refractivity contribution in [3.05, 3.63) is 41.1 Å². The number of benzene rings is 1. The van der Waals surface area contributed by atoms with Gasteiger partial charge in [0.25, 0.3) is 5.91 Å². The van der Waals surface area contributed by atoms with Crippen LogP contribution < -0.4 is 10.1 Å². The van der Waals surface area contributed by atoms with Gasteiger partial charge in [-0.2, -0.15) is 0 Å². The second-order valence-corrected chi connectivity index (χ2v) is 6.62. The molecule has 1 amide bonds. The fraction of sp³-hybridized carbons (Fsp3) is 0.474. The predicted octanol–water partition coefficient (Wildman–Crippen LogP) is 4.08. The van der Waals surface area contributed by atoms with E-state index in [0.29, 0.717) is 17.6 Å². The molecule has 1 heterocycles. The smallest absolute Gasteiger partial charge is 0.267 e. The minimum Gasteiger partial charge on any atom is -0.481 e. The molecule has 0 bridgehead atoms. The maximum Gasteiger partial charge on any atom is 0.267 e. The Balaban J connectivity index is 1.61. The molecule has 1 aromatic heterocycles. The van der Waals surface area contributed by atoms with Crippen LogP contribution in [0.2, 0.25) is 0 Å². The highest BCUT2D eigenvalue weighted by molar-refractivity contribution is 5.93. The first-order chi connectivity index (χ1) is 11.5. The second kappa shape index (κ2) is 7.07. The molecule has 0 saturated heterocycles. The molecule has 5 heteroatoms. The molecule has 0 radical (unpaired) electrons. The van der Waals surface area contributed by atoms with Crippen molar-refractivity contribution in [3.8, 4) is 5.75 Å². The van der Waals surface area contributed by atoms with Crippen molar-refractivity contribution >= 4 is 11.8 Å². The van der Waals surface area contributed by atoms with Crippen molar-refractivity contribution in [1.29, 1.82) is 0 Å². The lowest BCUT2D eigenvalue weighted by molar-refractivity contribution is -0.122. The summed E-state index contributed by atoms with van der Waals surface area (Å²) in [6, 6.07) is 7.85. The molecule has 1 unspecified atom stereocenters. The monoisotopic (exact) mass is 328 g/mol. The summed E-state index contributed by atoms with van der Waals surface area (Å²) in [7, 11) is 0. The fourth-order valence-corrected chi connectivity index (χ4v) is 2.89. The van der Waals surface area contributed by atoms with Gasteiger partial charge in [0.2, 0.25) is 5.88 Å². The molecule has 2 aromatic rings. The maximum absolute atomic E-state index is 12.4. The summed E-state index contributed by atoms with van der Waals surface area (Å²) in [6.07, 6.45) is 3.44. The Morgan fingerprint density at radius 3 is 2.58 bits per heavy atom. The highest BCUT2D eigenvalue weighted by Crippen LogP contribution is 2.27. The molecule has 1 atom stereocenters. The Morgan fingerprint density at radius 1 is 1.17 bits per heavy atom. The van der Waals surface area contributed by atoms with E-state index in [1.165, 1.54) is 5.56 Å². The minimum atomic E-state index is -0.612. The van der Waals surface area contributed by atoms with E-state index in [2.05, 4.69) is 24.3 Å². The van der Waals surface area contributed by atoms with E-state index in [0.717, 1.165) is 36.9 Å². The Hall–Kier alpha value is -2.30. The third kappa shape index (κ3) is 3.61. The number of aryl methyl sites for hydroxylation is 1. The molecule has 1 aliphatic carbocycles. The lowest BCUT2D eigenvalue weighted by Gasteiger charge is -2.15. The van der Waals surface area contributed by atoms with Gasteiger partial charge in [-0.25, -0.2) is 0 Å². The number of nitrogens with one attached hydrogen (secondary N) is 1. The average Bonchev–Trinajstić information content (AvgIpc) is 2.98. The SMILES string of the molecule is CC(Oc1ccc(C(C)C)cc1)C(=O)Nc1onc2c1CCCC2. The van der Waals surface area contributed by atoms with E-state index >= 15 is 0 Å². The van der Waals surface area contributed by atoms with E-state index in [1.807, 2.05) is 24.3 Å². The first-order valence-corrected chi connectivity index (χ1v) is 8.59. The van der Waals surface area contributed by atoms with Crippen molar-refractivity contribution in [3.63, 3.8) is 0 Å². The number of hydrogen-bond acceptors (Lipinski definition) is 4. The van der Waals surface area contributed by atoms with Crippen LogP contribution in [0.1, 0.15) is 56.4 Å². The molecule has 24 heavy (non-hydrogen) atoms. The summed E-state index contributed by atoms with van der Waals surface area (Å²) in [4.78, 5) is 12.4. The minimum absolute atomic E-state index is 0.229. The van der Waals surface area contributed by atoms with Gasteiger partial charge in [-0.05, 0) is 56.2 Å². The molecule has 1 aliphatic rings. The second-order valence-electron chi connectivity index (χ2n) is 6.62. The molecule has 0 spiro atoms. The summed E-state index contributed by atoms with van der Waals surface area (Å²) in [5.74, 6) is 1.40. The lowest BCUT2D eigenvalue weighted by atomic mass is 9.98. The van der Waals surface area contributed by atoms with Gasteiger partial charge in [-0.3, -0.25) is 10.1 Å². The molecule has 0 fully saturated rings. The highest BCUT2D eigenvalue weighted by atomic mass is 16.5. The predicted molar refractivity (Wildman–Crippen MR) is 92.4 cm³/mol. The number of carbonyl (C=O) groups excluding carboxylic acids is 1. The van der Waals surface area contributed by atoms with Crippen molar-refractivity contribution in [1.82, 2.24) is 5.16 Å². The largest absolute Gasteiger partial charge is 0.481 e. The first-order valence-electron chi connectivity index (χ1n) is 8.59. The van der Waals surface area contributed by atoms with Crippen molar-refractivity contribution in [2.75, 3.05) is 5.32 Å². The van der Waals surface area contributed by atoms with Gasteiger partial charge in [-0.1, -0.05) is 31.1 Å². The van der Waals surface area contributed by atoms with Gasteiger partial charge in [0, 0.05) is 5.56 Å². The number of nitrogens with zero attached hydrogens (tertiary/aromatic N) is 1. The van der Waals surface area contributed by atoms with E-state index in [4.69, 9.17) is 9.26 Å². The summed E-state index contributed by atoms with van der Waals surface area (Å²) >= 11 is 0. The first kappa shape index (κ1) is 16.6. The third-order valence-corrected chi connectivity index (χ3v) is 4.43. The van der Waals surface area contributed by atoms with Crippen LogP contribution in [0, 0.1) is 0 Å². The Labute approximate surface area is 142 Å². The summed E-state index contributed by atoms with van der Waals surface area (Å²) < 4.78 is 11.0. The van der Waals surface area contributed by atoms with Crippen LogP contribution in [0.15, 0.2) is 28.8 Å². The van der Waals surface area contributed by atoms with Crippen LogP contribution in [0.4, 0.5) is 5.88 Å². The molecule has 0 aliphatic heterocycles. The molecule has 0 saturated carbocycles. The number of fused-ring (bicyclic) bond motifs is 1. The molecule has 128 valence electrons. The normalized spacial score (nSPS) is 15.0. The molecule has 1 aromatic carbocycles. The highest BCUT2D eigenvalue weighted by Gasteiger charge is 2.23. The molecule has 1 N–H and O–H groups in total. The quantitative estimate of drug-likeness (QED) is 0.898.